The third-order valence-electron chi connectivity index (χ3n) is 2.03. The molecule has 1 rings (SSSR count). The van der Waals surface area contributed by atoms with E-state index in [-0.39, 0.29) is 6.54 Å². The highest BCUT2D eigenvalue weighted by Crippen LogP contribution is 2.21. The van der Waals surface area contributed by atoms with Crippen LogP contribution in [-0.2, 0) is 16.1 Å². The van der Waals surface area contributed by atoms with Crippen molar-refractivity contribution in [2.45, 2.75) is 19.0 Å². The lowest BCUT2D eigenvalue weighted by Gasteiger charge is -2.12. The first-order chi connectivity index (χ1) is 8.88. The van der Waals surface area contributed by atoms with Gasteiger partial charge in [-0.2, -0.15) is 0 Å². The van der Waals surface area contributed by atoms with E-state index in [1.807, 2.05) is 6.07 Å². The maximum absolute atomic E-state index is 11.4. The number of nitrogens with one attached hydrogen (secondary N) is 2. The van der Waals surface area contributed by atoms with E-state index in [2.05, 4.69) is 26.6 Å². The smallest absolute Gasteiger partial charge is 0.326 e. The average Bonchev–Trinajstić information content (AvgIpc) is 2.71. The number of carbonyl (C=O) groups excluding carboxylic acids is 1. The zero-order valence-corrected chi connectivity index (χ0v) is 12.0. The van der Waals surface area contributed by atoms with Crippen LogP contribution in [0.15, 0.2) is 15.9 Å². The Morgan fingerprint density at radius 2 is 2.00 bits per heavy atom. The molecule has 0 aliphatic rings. The van der Waals surface area contributed by atoms with Crippen molar-refractivity contribution in [1.82, 2.24) is 10.6 Å². The van der Waals surface area contributed by atoms with Crippen LogP contribution in [0, 0.1) is 0 Å². The topological polar surface area (TPSA) is 116 Å². The molecule has 0 aliphatic heterocycles. The molecule has 0 saturated heterocycles. The van der Waals surface area contributed by atoms with Crippen LogP contribution >= 0.6 is 27.3 Å². The zero-order chi connectivity index (χ0) is 14.4. The monoisotopic (exact) mass is 350 g/mol. The molecule has 1 heterocycles. The summed E-state index contributed by atoms with van der Waals surface area (Å²) in [5.41, 5.74) is 0. The van der Waals surface area contributed by atoms with E-state index in [9.17, 15) is 14.4 Å². The third kappa shape index (κ3) is 5.71. The average molecular weight is 351 g/mol. The molecule has 4 N–H and O–H groups in total. The minimum Gasteiger partial charge on any atom is -0.481 e. The second-order valence-corrected chi connectivity index (χ2v) is 6.07. The van der Waals surface area contributed by atoms with Crippen LogP contribution in [0.2, 0.25) is 0 Å². The Labute approximate surface area is 120 Å². The van der Waals surface area contributed by atoms with Crippen molar-refractivity contribution in [3.05, 3.63) is 20.8 Å². The quantitative estimate of drug-likeness (QED) is 0.615. The van der Waals surface area contributed by atoms with Gasteiger partial charge in [0.05, 0.1) is 16.8 Å². The van der Waals surface area contributed by atoms with Crippen LogP contribution in [0.3, 0.4) is 0 Å². The van der Waals surface area contributed by atoms with Gasteiger partial charge in [0, 0.05) is 4.88 Å². The number of rotatable bonds is 6. The van der Waals surface area contributed by atoms with E-state index in [0.29, 0.717) is 0 Å². The van der Waals surface area contributed by atoms with Gasteiger partial charge >= 0.3 is 18.0 Å². The fraction of sp³-hybridized carbons (Fsp3) is 0.300. The van der Waals surface area contributed by atoms with E-state index >= 15 is 0 Å². The molecule has 1 aromatic heterocycles. The summed E-state index contributed by atoms with van der Waals surface area (Å²) in [6.07, 6.45) is -0.673. The van der Waals surface area contributed by atoms with Crippen LogP contribution in [0.4, 0.5) is 4.79 Å². The van der Waals surface area contributed by atoms with Gasteiger partial charge in [0.25, 0.3) is 0 Å². The number of halogens is 1. The molecule has 0 bridgehead atoms. The minimum atomic E-state index is -1.45. The summed E-state index contributed by atoms with van der Waals surface area (Å²) in [5, 5.41) is 21.8. The molecule has 1 aromatic rings. The molecule has 0 fully saturated rings. The van der Waals surface area contributed by atoms with E-state index < -0.39 is 30.4 Å². The predicted molar refractivity (Wildman–Crippen MR) is 71.1 cm³/mol. The van der Waals surface area contributed by atoms with E-state index in [0.717, 1.165) is 8.66 Å². The Bertz CT molecular complexity index is 490. The number of carboxylic acids is 2. The van der Waals surface area contributed by atoms with Crippen LogP contribution in [0.1, 0.15) is 11.3 Å². The lowest BCUT2D eigenvalue weighted by atomic mass is 10.2. The normalized spacial score (nSPS) is 11.6. The maximum Gasteiger partial charge on any atom is 0.326 e. The van der Waals surface area contributed by atoms with Crippen molar-refractivity contribution in [3.63, 3.8) is 0 Å². The molecule has 7 nitrogen and oxygen atoms in total. The standard InChI is InChI=1S/C10H11BrN2O5S/c11-7-2-1-5(19-7)4-12-10(18)13-6(9(16)17)3-8(14)15/h1-2,6H,3-4H2,(H,14,15)(H,16,17)(H2,12,13,18)/t6-/m1/s1. The Morgan fingerprint density at radius 1 is 1.32 bits per heavy atom. The fourth-order valence-electron chi connectivity index (χ4n) is 1.20. The van der Waals surface area contributed by atoms with Crippen molar-refractivity contribution >= 4 is 45.2 Å². The Kier molecular flexibility index (Phi) is 5.77. The maximum atomic E-state index is 11.4. The summed E-state index contributed by atoms with van der Waals surface area (Å²) in [6, 6.07) is 1.45. The van der Waals surface area contributed by atoms with Crippen molar-refractivity contribution in [2.24, 2.45) is 0 Å². The SMILES string of the molecule is O=C(O)C[C@@H](NC(=O)NCc1ccc(Br)s1)C(=O)O. The summed E-state index contributed by atoms with van der Waals surface area (Å²) < 4.78 is 0.916. The Morgan fingerprint density at radius 3 is 2.47 bits per heavy atom. The largest absolute Gasteiger partial charge is 0.481 e. The van der Waals surface area contributed by atoms with E-state index in [4.69, 9.17) is 10.2 Å². The summed E-state index contributed by atoms with van der Waals surface area (Å²) in [6.45, 7) is 0.238. The lowest BCUT2D eigenvalue weighted by Crippen LogP contribution is -2.46. The second-order valence-electron chi connectivity index (χ2n) is 3.52. The van der Waals surface area contributed by atoms with Crippen molar-refractivity contribution < 1.29 is 24.6 Å². The molecule has 104 valence electrons. The van der Waals surface area contributed by atoms with Gasteiger partial charge in [-0.1, -0.05) is 0 Å². The molecule has 0 unspecified atom stereocenters. The van der Waals surface area contributed by atoms with Gasteiger partial charge in [0.15, 0.2) is 0 Å². The Hall–Kier alpha value is -1.61. The Balaban J connectivity index is 2.44. The van der Waals surface area contributed by atoms with E-state index in [1.165, 1.54) is 11.3 Å². The van der Waals surface area contributed by atoms with Crippen molar-refractivity contribution in [1.29, 1.82) is 0 Å². The highest BCUT2D eigenvalue weighted by molar-refractivity contribution is 9.11. The predicted octanol–water partition coefficient (Wildman–Crippen LogP) is 1.24. The molecule has 0 saturated carbocycles. The summed E-state index contributed by atoms with van der Waals surface area (Å²) >= 11 is 4.70. The first-order valence-electron chi connectivity index (χ1n) is 5.11. The number of thiophene rings is 1. The number of aliphatic carboxylic acids is 2. The second kappa shape index (κ2) is 7.10. The fourth-order valence-corrected chi connectivity index (χ4v) is 2.62. The number of amides is 2. The van der Waals surface area contributed by atoms with Gasteiger partial charge in [0.2, 0.25) is 0 Å². The summed E-state index contributed by atoms with van der Waals surface area (Å²) in [5.74, 6) is -2.69. The number of hydrogen-bond acceptors (Lipinski definition) is 4. The first-order valence-corrected chi connectivity index (χ1v) is 6.72. The molecule has 0 radical (unpaired) electrons. The van der Waals surface area contributed by atoms with Crippen LogP contribution < -0.4 is 10.6 Å². The van der Waals surface area contributed by atoms with Crippen molar-refractivity contribution in [2.75, 3.05) is 0 Å². The molecule has 9 heteroatoms. The minimum absolute atomic E-state index is 0.238. The first kappa shape index (κ1) is 15.4. The van der Waals surface area contributed by atoms with Gasteiger partial charge in [-0.05, 0) is 28.1 Å². The van der Waals surface area contributed by atoms with Gasteiger partial charge in [-0.15, -0.1) is 11.3 Å². The van der Waals surface area contributed by atoms with Gasteiger partial charge in [0.1, 0.15) is 6.04 Å². The molecule has 19 heavy (non-hydrogen) atoms. The summed E-state index contributed by atoms with van der Waals surface area (Å²) in [7, 11) is 0. The molecular formula is C10H11BrN2O5S. The number of urea groups is 1. The van der Waals surface area contributed by atoms with E-state index in [1.54, 1.807) is 6.07 Å². The lowest BCUT2D eigenvalue weighted by molar-refractivity contribution is -0.145. The third-order valence-corrected chi connectivity index (χ3v) is 3.66. The summed E-state index contributed by atoms with van der Waals surface area (Å²) in [4.78, 5) is 33.5. The number of hydrogen-bond donors (Lipinski definition) is 4. The molecule has 1 atom stereocenters. The molecular weight excluding hydrogens is 340 g/mol. The molecule has 0 aliphatic carbocycles. The number of carbonyl (C=O) groups is 3. The zero-order valence-electron chi connectivity index (χ0n) is 9.55. The van der Waals surface area contributed by atoms with Gasteiger partial charge in [-0.3, -0.25) is 4.79 Å². The van der Waals surface area contributed by atoms with Crippen LogP contribution in [0.5, 0.6) is 0 Å². The molecule has 0 spiro atoms. The highest BCUT2D eigenvalue weighted by atomic mass is 79.9. The van der Waals surface area contributed by atoms with Gasteiger partial charge in [-0.25, -0.2) is 9.59 Å². The van der Waals surface area contributed by atoms with Crippen molar-refractivity contribution in [3.8, 4) is 0 Å². The highest BCUT2D eigenvalue weighted by Gasteiger charge is 2.22. The van der Waals surface area contributed by atoms with Crippen LogP contribution in [-0.4, -0.2) is 34.2 Å². The van der Waals surface area contributed by atoms with Gasteiger partial charge < -0.3 is 20.8 Å². The van der Waals surface area contributed by atoms with Crippen LogP contribution in [0.25, 0.3) is 0 Å². The molecule has 2 amide bonds. The molecule has 0 aromatic carbocycles. The number of carboxylic acid groups (broad SMARTS) is 2.